The van der Waals surface area contributed by atoms with Gasteiger partial charge in [0.05, 0.1) is 11.0 Å². The van der Waals surface area contributed by atoms with Crippen molar-refractivity contribution in [2.45, 2.75) is 32.1 Å². The van der Waals surface area contributed by atoms with Crippen molar-refractivity contribution in [3.8, 4) is 0 Å². The fourth-order valence-electron chi connectivity index (χ4n) is 3.26. The Morgan fingerprint density at radius 2 is 2.09 bits per heavy atom. The van der Waals surface area contributed by atoms with Crippen molar-refractivity contribution in [2.24, 2.45) is 0 Å². The molecule has 3 rings (SSSR count). The van der Waals surface area contributed by atoms with E-state index in [0.717, 1.165) is 55.8 Å². The van der Waals surface area contributed by atoms with Crippen LogP contribution in [0.3, 0.4) is 0 Å². The first-order chi connectivity index (χ1) is 11.1. The number of unbranched alkanes of at least 4 members (excludes halogenated alkanes) is 1. The third kappa shape index (κ3) is 3.11. The zero-order valence-corrected chi connectivity index (χ0v) is 14.3. The van der Waals surface area contributed by atoms with E-state index < -0.39 is 0 Å². The van der Waals surface area contributed by atoms with Crippen molar-refractivity contribution in [2.75, 3.05) is 33.7 Å². The Bertz CT molecular complexity index is 691. The van der Waals surface area contributed by atoms with Gasteiger partial charge in [-0.15, -0.1) is 0 Å². The molecule has 1 atom stereocenters. The van der Waals surface area contributed by atoms with Gasteiger partial charge in [-0.1, -0.05) is 25.5 Å². The summed E-state index contributed by atoms with van der Waals surface area (Å²) in [5, 5.41) is 0. The predicted octanol–water partition coefficient (Wildman–Crippen LogP) is 3.16. The molecule has 1 amide bonds. The minimum Gasteiger partial charge on any atom is -0.323 e. The molecule has 0 aliphatic carbocycles. The van der Waals surface area contributed by atoms with Gasteiger partial charge in [-0.05, 0) is 45.6 Å². The minimum atomic E-state index is 0.0863. The van der Waals surface area contributed by atoms with Crippen LogP contribution in [-0.2, 0) is 0 Å². The topological polar surface area (TPSA) is 41.4 Å². The molecule has 2 heterocycles. The van der Waals surface area contributed by atoms with Gasteiger partial charge < -0.3 is 9.80 Å². The molecule has 124 valence electrons. The van der Waals surface area contributed by atoms with E-state index in [1.165, 1.54) is 0 Å². The lowest BCUT2D eigenvalue weighted by Crippen LogP contribution is -2.44. The number of benzene rings is 1. The van der Waals surface area contributed by atoms with Crippen LogP contribution in [-0.4, -0.2) is 59.1 Å². The van der Waals surface area contributed by atoms with E-state index in [1.54, 1.807) is 0 Å². The molecular formula is C18H26N4O. The number of carbonyl (C=O) groups excluding carboxylic acids is 1. The maximum absolute atomic E-state index is 12.9. The number of carbonyl (C=O) groups is 1. The molecule has 0 radical (unpaired) electrons. The number of hydrogen-bond donors (Lipinski definition) is 0. The molecule has 23 heavy (non-hydrogen) atoms. The molecule has 0 saturated heterocycles. The summed E-state index contributed by atoms with van der Waals surface area (Å²) < 4.78 is 1.84. The van der Waals surface area contributed by atoms with Crippen LogP contribution in [0.15, 0.2) is 24.3 Å². The van der Waals surface area contributed by atoms with Gasteiger partial charge in [0.1, 0.15) is 5.82 Å². The normalized spacial score (nSPS) is 18.0. The molecule has 1 unspecified atom stereocenters. The highest BCUT2D eigenvalue weighted by molar-refractivity contribution is 5.91. The van der Waals surface area contributed by atoms with Crippen LogP contribution < -0.4 is 0 Å². The SMILES string of the molecule is CCCCN1CC(CCN(C)C)c2nc3ccccc3n2C1=O. The van der Waals surface area contributed by atoms with E-state index in [9.17, 15) is 4.79 Å². The summed E-state index contributed by atoms with van der Waals surface area (Å²) in [6.45, 7) is 4.79. The Labute approximate surface area is 137 Å². The standard InChI is InChI=1S/C18H26N4O/c1-4-5-11-21-13-14(10-12-20(2)3)17-19-15-8-6-7-9-16(15)22(17)18(21)23/h6-9,14H,4-5,10-13H2,1-3H3. The number of hydrogen-bond acceptors (Lipinski definition) is 3. The first-order valence-corrected chi connectivity index (χ1v) is 8.53. The summed E-state index contributed by atoms with van der Waals surface area (Å²) >= 11 is 0. The highest BCUT2D eigenvalue weighted by Crippen LogP contribution is 2.30. The number of imidazole rings is 1. The van der Waals surface area contributed by atoms with Crippen molar-refractivity contribution < 1.29 is 4.79 Å². The van der Waals surface area contributed by atoms with Crippen LogP contribution in [0.2, 0.25) is 0 Å². The molecule has 0 saturated carbocycles. The second-order valence-electron chi connectivity index (χ2n) is 6.67. The first kappa shape index (κ1) is 16.0. The summed E-state index contributed by atoms with van der Waals surface area (Å²) in [5.74, 6) is 1.24. The molecule has 1 aromatic carbocycles. The minimum absolute atomic E-state index is 0.0863. The lowest BCUT2D eigenvalue weighted by atomic mass is 10.0. The van der Waals surface area contributed by atoms with E-state index in [0.29, 0.717) is 5.92 Å². The van der Waals surface area contributed by atoms with Gasteiger partial charge in [-0.25, -0.2) is 14.3 Å². The maximum Gasteiger partial charge on any atom is 0.330 e. The summed E-state index contributed by atoms with van der Waals surface area (Å²) in [5.41, 5.74) is 1.85. The van der Waals surface area contributed by atoms with Crippen LogP contribution in [0.25, 0.3) is 11.0 Å². The van der Waals surface area contributed by atoms with E-state index in [1.807, 2.05) is 33.7 Å². The number of fused-ring (bicyclic) bond motifs is 3. The summed E-state index contributed by atoms with van der Waals surface area (Å²) in [7, 11) is 4.18. The molecule has 1 aliphatic rings. The largest absolute Gasteiger partial charge is 0.330 e. The van der Waals surface area contributed by atoms with Gasteiger partial charge >= 0.3 is 6.03 Å². The molecule has 2 aromatic rings. The van der Waals surface area contributed by atoms with Gasteiger partial charge in [0.2, 0.25) is 0 Å². The zero-order chi connectivity index (χ0) is 16.4. The monoisotopic (exact) mass is 314 g/mol. The van der Waals surface area contributed by atoms with Crippen molar-refractivity contribution in [3.05, 3.63) is 30.1 Å². The van der Waals surface area contributed by atoms with Crippen LogP contribution in [0, 0.1) is 0 Å². The fraction of sp³-hybridized carbons (Fsp3) is 0.556. The van der Waals surface area contributed by atoms with Crippen LogP contribution in [0.4, 0.5) is 4.79 Å². The number of nitrogens with zero attached hydrogens (tertiary/aromatic N) is 4. The molecule has 5 heteroatoms. The van der Waals surface area contributed by atoms with Crippen molar-refractivity contribution in [3.63, 3.8) is 0 Å². The Balaban J connectivity index is 1.99. The van der Waals surface area contributed by atoms with Crippen LogP contribution >= 0.6 is 0 Å². The third-order valence-corrected chi connectivity index (χ3v) is 4.56. The average Bonchev–Trinajstić information content (AvgIpc) is 2.93. The second-order valence-corrected chi connectivity index (χ2v) is 6.67. The molecule has 1 aliphatic heterocycles. The molecule has 5 nitrogen and oxygen atoms in total. The molecular weight excluding hydrogens is 288 g/mol. The van der Waals surface area contributed by atoms with Crippen LogP contribution in [0.1, 0.15) is 37.9 Å². The van der Waals surface area contributed by atoms with Gasteiger partial charge in [0.15, 0.2) is 0 Å². The Hall–Kier alpha value is -1.88. The van der Waals surface area contributed by atoms with Gasteiger partial charge in [-0.2, -0.15) is 0 Å². The van der Waals surface area contributed by atoms with Gasteiger partial charge in [-0.3, -0.25) is 0 Å². The predicted molar refractivity (Wildman–Crippen MR) is 92.9 cm³/mol. The molecule has 0 bridgehead atoms. The summed E-state index contributed by atoms with van der Waals surface area (Å²) in [6.07, 6.45) is 3.17. The van der Waals surface area contributed by atoms with E-state index in [-0.39, 0.29) is 6.03 Å². The summed E-state index contributed by atoms with van der Waals surface area (Å²) in [6, 6.07) is 8.03. The van der Waals surface area contributed by atoms with E-state index >= 15 is 0 Å². The Morgan fingerprint density at radius 1 is 1.30 bits per heavy atom. The number of amides is 1. The Morgan fingerprint density at radius 3 is 2.83 bits per heavy atom. The van der Waals surface area contributed by atoms with Crippen molar-refractivity contribution in [1.29, 1.82) is 0 Å². The quantitative estimate of drug-likeness (QED) is 0.822. The summed E-state index contributed by atoms with van der Waals surface area (Å²) in [4.78, 5) is 21.9. The zero-order valence-electron chi connectivity index (χ0n) is 14.3. The highest BCUT2D eigenvalue weighted by Gasteiger charge is 2.33. The first-order valence-electron chi connectivity index (χ1n) is 8.53. The molecule has 0 fully saturated rings. The molecule has 1 aromatic heterocycles. The second kappa shape index (κ2) is 6.71. The average molecular weight is 314 g/mol. The number of rotatable bonds is 6. The fourth-order valence-corrected chi connectivity index (χ4v) is 3.26. The maximum atomic E-state index is 12.9. The molecule has 0 N–H and O–H groups in total. The lowest BCUT2D eigenvalue weighted by molar-refractivity contribution is 0.180. The van der Waals surface area contributed by atoms with Crippen molar-refractivity contribution >= 4 is 17.1 Å². The molecule has 0 spiro atoms. The Kier molecular flexibility index (Phi) is 4.66. The number of para-hydroxylation sites is 2. The van der Waals surface area contributed by atoms with E-state index in [2.05, 4.69) is 25.9 Å². The smallest absolute Gasteiger partial charge is 0.323 e. The van der Waals surface area contributed by atoms with Crippen LogP contribution in [0.5, 0.6) is 0 Å². The van der Waals surface area contributed by atoms with Crippen molar-refractivity contribution in [1.82, 2.24) is 19.4 Å². The van der Waals surface area contributed by atoms with Gasteiger partial charge in [0, 0.05) is 19.0 Å². The van der Waals surface area contributed by atoms with E-state index in [4.69, 9.17) is 4.98 Å². The third-order valence-electron chi connectivity index (χ3n) is 4.56. The highest BCUT2D eigenvalue weighted by atomic mass is 16.2. The number of aromatic nitrogens is 2. The lowest BCUT2D eigenvalue weighted by Gasteiger charge is -2.33. The van der Waals surface area contributed by atoms with Gasteiger partial charge in [0.25, 0.3) is 0 Å².